The van der Waals surface area contributed by atoms with Crippen LogP contribution < -0.4 is 5.73 Å². The molecule has 2 atom stereocenters. The molecule has 0 amide bonds. The van der Waals surface area contributed by atoms with Gasteiger partial charge in [0.25, 0.3) is 0 Å². The predicted molar refractivity (Wildman–Crippen MR) is 56.1 cm³/mol. The molecule has 1 aromatic carbocycles. The Balaban J connectivity index is 2.72. The Morgan fingerprint density at radius 1 is 1.38 bits per heavy atom. The number of hydrogen-bond donors (Lipinski definition) is 1. The van der Waals surface area contributed by atoms with E-state index in [0.29, 0.717) is 5.75 Å². The van der Waals surface area contributed by atoms with Gasteiger partial charge >= 0.3 is 0 Å². The van der Waals surface area contributed by atoms with E-state index in [1.165, 1.54) is 5.56 Å². The average Bonchev–Trinajstić information content (AvgIpc) is 2.04. The van der Waals surface area contributed by atoms with Gasteiger partial charge in [-0.05, 0) is 26.0 Å². The lowest BCUT2D eigenvalue weighted by Crippen LogP contribution is -2.22. The molecule has 0 fully saturated rings. The molecule has 3 heteroatoms. The Labute approximate surface area is 81.6 Å². The number of benzene rings is 1. The lowest BCUT2D eigenvalue weighted by molar-refractivity contribution is 0.676. The van der Waals surface area contributed by atoms with Gasteiger partial charge in [0.05, 0.1) is 10.8 Å². The number of aryl methyl sites for hydroxylation is 1. The summed E-state index contributed by atoms with van der Waals surface area (Å²) in [5.41, 5.74) is 6.75. The summed E-state index contributed by atoms with van der Waals surface area (Å²) < 4.78 is 11.6. The molecule has 0 aliphatic heterocycles. The molecule has 2 unspecified atom stereocenters. The maximum atomic E-state index is 11.6. The zero-order valence-electron chi connectivity index (χ0n) is 7.99. The minimum Gasteiger partial charge on any atom is -0.327 e. The molecule has 0 aliphatic rings. The third kappa shape index (κ3) is 3.28. The summed E-state index contributed by atoms with van der Waals surface area (Å²) in [6.07, 6.45) is 0. The fourth-order valence-corrected chi connectivity index (χ4v) is 2.13. The van der Waals surface area contributed by atoms with Crippen LogP contribution in [-0.2, 0) is 10.8 Å². The largest absolute Gasteiger partial charge is 0.327 e. The second kappa shape index (κ2) is 4.53. The monoisotopic (exact) mass is 197 g/mol. The molecule has 13 heavy (non-hydrogen) atoms. The second-order valence-electron chi connectivity index (χ2n) is 3.30. The summed E-state index contributed by atoms with van der Waals surface area (Å²) in [5.74, 6) is 0.531. The average molecular weight is 197 g/mol. The van der Waals surface area contributed by atoms with Crippen LogP contribution >= 0.6 is 0 Å². The van der Waals surface area contributed by atoms with Crippen LogP contribution in [-0.4, -0.2) is 16.0 Å². The van der Waals surface area contributed by atoms with Crippen molar-refractivity contribution in [2.45, 2.75) is 24.8 Å². The van der Waals surface area contributed by atoms with E-state index in [2.05, 4.69) is 0 Å². The van der Waals surface area contributed by atoms with E-state index in [1.807, 2.05) is 38.1 Å². The summed E-state index contributed by atoms with van der Waals surface area (Å²) in [4.78, 5) is 0.864. The van der Waals surface area contributed by atoms with Crippen LogP contribution in [0, 0.1) is 6.92 Å². The molecule has 0 heterocycles. The zero-order valence-corrected chi connectivity index (χ0v) is 8.80. The summed E-state index contributed by atoms with van der Waals surface area (Å²) in [5, 5.41) is 0. The van der Waals surface area contributed by atoms with Gasteiger partial charge in [-0.2, -0.15) is 0 Å². The van der Waals surface area contributed by atoms with Gasteiger partial charge in [-0.3, -0.25) is 4.21 Å². The normalized spacial score (nSPS) is 15.3. The third-order valence-corrected chi connectivity index (χ3v) is 3.32. The molecule has 0 aliphatic carbocycles. The zero-order chi connectivity index (χ0) is 9.84. The van der Waals surface area contributed by atoms with E-state index >= 15 is 0 Å². The van der Waals surface area contributed by atoms with E-state index in [4.69, 9.17) is 5.73 Å². The van der Waals surface area contributed by atoms with Crippen LogP contribution in [0.2, 0.25) is 0 Å². The molecular formula is C10H15NOS. The van der Waals surface area contributed by atoms with E-state index in [-0.39, 0.29) is 6.04 Å². The van der Waals surface area contributed by atoms with Gasteiger partial charge in [-0.25, -0.2) is 0 Å². The molecule has 0 bridgehead atoms. The minimum absolute atomic E-state index is 0.0119. The molecular weight excluding hydrogens is 182 g/mol. The minimum atomic E-state index is -0.947. The Morgan fingerprint density at radius 3 is 2.38 bits per heavy atom. The first-order valence-corrected chi connectivity index (χ1v) is 5.62. The molecule has 0 aromatic heterocycles. The third-order valence-electron chi connectivity index (χ3n) is 1.70. The first kappa shape index (κ1) is 10.4. The molecule has 72 valence electrons. The second-order valence-corrected chi connectivity index (χ2v) is 4.80. The lowest BCUT2D eigenvalue weighted by atomic mass is 10.2. The van der Waals surface area contributed by atoms with Gasteiger partial charge < -0.3 is 5.73 Å². The highest BCUT2D eigenvalue weighted by molar-refractivity contribution is 7.85. The number of hydrogen-bond acceptors (Lipinski definition) is 2. The molecule has 0 spiro atoms. The van der Waals surface area contributed by atoms with Gasteiger partial charge in [0.15, 0.2) is 0 Å². The van der Waals surface area contributed by atoms with E-state index in [1.54, 1.807) is 0 Å². The van der Waals surface area contributed by atoms with Crippen molar-refractivity contribution in [3.05, 3.63) is 29.8 Å². The molecule has 2 nitrogen and oxygen atoms in total. The molecule has 1 aromatic rings. The highest BCUT2D eigenvalue weighted by atomic mass is 32.2. The fraction of sp³-hybridized carbons (Fsp3) is 0.400. The van der Waals surface area contributed by atoms with Crippen LogP contribution in [0.5, 0.6) is 0 Å². The Kier molecular flexibility index (Phi) is 3.63. The maximum absolute atomic E-state index is 11.6. The number of rotatable bonds is 3. The smallest absolute Gasteiger partial charge is 0.0545 e. The van der Waals surface area contributed by atoms with Crippen molar-refractivity contribution in [1.29, 1.82) is 0 Å². The Hall–Kier alpha value is -0.670. The molecule has 0 radical (unpaired) electrons. The lowest BCUT2D eigenvalue weighted by Gasteiger charge is -2.05. The number of nitrogens with two attached hydrogens (primary N) is 1. The van der Waals surface area contributed by atoms with Crippen molar-refractivity contribution in [2.24, 2.45) is 5.73 Å². The van der Waals surface area contributed by atoms with Gasteiger partial charge in [0.1, 0.15) is 0 Å². The van der Waals surface area contributed by atoms with E-state index in [0.717, 1.165) is 4.90 Å². The van der Waals surface area contributed by atoms with Crippen molar-refractivity contribution in [1.82, 2.24) is 0 Å². The van der Waals surface area contributed by atoms with Crippen molar-refractivity contribution in [3.63, 3.8) is 0 Å². The van der Waals surface area contributed by atoms with Crippen LogP contribution in [0.15, 0.2) is 29.2 Å². The molecule has 2 N–H and O–H groups in total. The van der Waals surface area contributed by atoms with Crippen molar-refractivity contribution < 1.29 is 4.21 Å². The maximum Gasteiger partial charge on any atom is 0.0545 e. The first-order valence-electron chi connectivity index (χ1n) is 4.30. The van der Waals surface area contributed by atoms with E-state index < -0.39 is 10.8 Å². The van der Waals surface area contributed by atoms with Gasteiger partial charge in [0, 0.05) is 16.7 Å². The summed E-state index contributed by atoms with van der Waals surface area (Å²) >= 11 is 0. The highest BCUT2D eigenvalue weighted by Gasteiger charge is 2.05. The summed E-state index contributed by atoms with van der Waals surface area (Å²) in [6.45, 7) is 3.88. The van der Waals surface area contributed by atoms with Gasteiger partial charge in [-0.15, -0.1) is 0 Å². The SMILES string of the molecule is Cc1ccc(S(=O)CC(C)N)cc1. The van der Waals surface area contributed by atoms with Crippen molar-refractivity contribution >= 4 is 10.8 Å². The highest BCUT2D eigenvalue weighted by Crippen LogP contribution is 2.08. The van der Waals surface area contributed by atoms with Gasteiger partial charge in [0.2, 0.25) is 0 Å². The molecule has 0 saturated carbocycles. The summed E-state index contributed by atoms with van der Waals surface area (Å²) in [7, 11) is -0.947. The van der Waals surface area contributed by atoms with Gasteiger partial charge in [-0.1, -0.05) is 17.7 Å². The predicted octanol–water partition coefficient (Wildman–Crippen LogP) is 1.45. The quantitative estimate of drug-likeness (QED) is 0.797. The fourth-order valence-electron chi connectivity index (χ4n) is 1.03. The van der Waals surface area contributed by atoms with Crippen LogP contribution in [0.25, 0.3) is 0 Å². The van der Waals surface area contributed by atoms with Crippen LogP contribution in [0.3, 0.4) is 0 Å². The Bertz CT molecular complexity index is 292. The first-order chi connectivity index (χ1) is 6.09. The van der Waals surface area contributed by atoms with Crippen LogP contribution in [0.1, 0.15) is 12.5 Å². The summed E-state index contributed by atoms with van der Waals surface area (Å²) in [6, 6.07) is 7.71. The van der Waals surface area contributed by atoms with Crippen molar-refractivity contribution in [2.75, 3.05) is 5.75 Å². The topological polar surface area (TPSA) is 43.1 Å². The molecule has 0 saturated heterocycles. The van der Waals surface area contributed by atoms with E-state index in [9.17, 15) is 4.21 Å². The standard InChI is InChI=1S/C10H15NOS/c1-8-3-5-10(6-4-8)13(12)7-9(2)11/h3-6,9H,7,11H2,1-2H3. The Morgan fingerprint density at radius 2 is 1.92 bits per heavy atom. The van der Waals surface area contributed by atoms with Crippen molar-refractivity contribution in [3.8, 4) is 0 Å². The molecule has 1 rings (SSSR count). The van der Waals surface area contributed by atoms with Crippen LogP contribution in [0.4, 0.5) is 0 Å².